The first-order valence-corrected chi connectivity index (χ1v) is 16.4. The molecule has 0 fully saturated rings. The fourth-order valence-electron chi connectivity index (χ4n) is 7.06. The average Bonchev–Trinajstić information content (AvgIpc) is 3.78. The van der Waals surface area contributed by atoms with E-state index in [1.165, 1.54) is 10.8 Å². The summed E-state index contributed by atoms with van der Waals surface area (Å²) in [6.45, 7) is 0. The third-order valence-corrected chi connectivity index (χ3v) is 9.43. The van der Waals surface area contributed by atoms with E-state index < -0.39 is 0 Å². The van der Waals surface area contributed by atoms with Gasteiger partial charge >= 0.3 is 0 Å². The molecule has 49 heavy (non-hydrogen) atoms. The van der Waals surface area contributed by atoms with Crippen LogP contribution in [0.3, 0.4) is 0 Å². The molecule has 0 amide bonds. The highest BCUT2D eigenvalue weighted by Crippen LogP contribution is 2.40. The van der Waals surface area contributed by atoms with E-state index in [2.05, 4.69) is 132 Å². The van der Waals surface area contributed by atoms with Crippen LogP contribution in [-0.2, 0) is 0 Å². The second kappa shape index (κ2) is 10.9. The van der Waals surface area contributed by atoms with Gasteiger partial charge in [-0.15, -0.1) is 10.2 Å². The quantitative estimate of drug-likeness (QED) is 0.178. The van der Waals surface area contributed by atoms with Gasteiger partial charge in [-0.1, -0.05) is 97.1 Å². The van der Waals surface area contributed by atoms with Crippen molar-refractivity contribution in [3.05, 3.63) is 170 Å². The molecule has 0 unspecified atom stereocenters. The zero-order valence-corrected chi connectivity index (χ0v) is 26.4. The molecular weight excluding hydrogens is 601 g/mol. The number of furan rings is 1. The zero-order chi connectivity index (χ0) is 32.3. The topological polar surface area (TPSA) is 47.1 Å². The third kappa shape index (κ3) is 4.55. The Labute approximate surface area is 281 Å². The van der Waals surface area contributed by atoms with Gasteiger partial charge in [0.05, 0.1) is 5.69 Å². The highest BCUT2D eigenvalue weighted by atomic mass is 16.3. The number of benzene rings is 8. The molecule has 230 valence electrons. The van der Waals surface area contributed by atoms with Crippen molar-refractivity contribution in [1.29, 1.82) is 0 Å². The number of fused-ring (bicyclic) bond motifs is 8. The minimum Gasteiger partial charge on any atom is -0.456 e. The molecule has 0 aliphatic heterocycles. The first kappa shape index (κ1) is 27.4. The van der Waals surface area contributed by atoms with Crippen molar-refractivity contribution in [3.63, 3.8) is 0 Å². The number of hydrogen-bond donors (Lipinski definition) is 0. The fraction of sp³-hybridized carbons (Fsp3) is 0. The number of hydrogen-bond acceptors (Lipinski definition) is 4. The zero-order valence-electron chi connectivity index (χ0n) is 26.4. The molecule has 0 saturated heterocycles. The normalized spacial score (nSPS) is 11.7. The molecule has 2 aromatic heterocycles. The minimum absolute atomic E-state index is 0.881. The van der Waals surface area contributed by atoms with Crippen molar-refractivity contribution in [2.24, 2.45) is 0 Å². The summed E-state index contributed by atoms with van der Waals surface area (Å²) in [6.07, 6.45) is 0. The number of nitrogens with zero attached hydrogens (tertiary/aromatic N) is 4. The van der Waals surface area contributed by atoms with Crippen molar-refractivity contribution in [2.75, 3.05) is 4.90 Å². The van der Waals surface area contributed by atoms with E-state index >= 15 is 0 Å². The number of aromatic nitrogens is 3. The van der Waals surface area contributed by atoms with Gasteiger partial charge in [0.2, 0.25) is 0 Å². The van der Waals surface area contributed by atoms with Crippen LogP contribution < -0.4 is 4.90 Å². The summed E-state index contributed by atoms with van der Waals surface area (Å²) in [5.41, 5.74) is 10.1. The minimum atomic E-state index is 0.881. The lowest BCUT2D eigenvalue weighted by atomic mass is 9.96. The van der Waals surface area contributed by atoms with E-state index in [0.717, 1.165) is 77.6 Å². The molecule has 0 spiro atoms. The van der Waals surface area contributed by atoms with Crippen molar-refractivity contribution < 1.29 is 4.42 Å². The average molecular weight is 629 g/mol. The second-order valence-electron chi connectivity index (χ2n) is 12.4. The smallest absolute Gasteiger partial charge is 0.135 e. The summed E-state index contributed by atoms with van der Waals surface area (Å²) in [5.74, 6) is 0. The maximum absolute atomic E-state index is 6.13. The summed E-state index contributed by atoms with van der Waals surface area (Å²) in [6, 6.07) is 59.3. The van der Waals surface area contributed by atoms with Crippen LogP contribution in [0.4, 0.5) is 17.1 Å². The molecule has 8 aromatic carbocycles. The van der Waals surface area contributed by atoms with Gasteiger partial charge in [-0.25, -0.2) is 0 Å². The van der Waals surface area contributed by atoms with Crippen molar-refractivity contribution in [1.82, 2.24) is 15.0 Å². The maximum atomic E-state index is 6.13. The summed E-state index contributed by atoms with van der Waals surface area (Å²) in [7, 11) is 0. The molecule has 0 saturated carbocycles. The Morgan fingerprint density at radius 2 is 1.12 bits per heavy atom. The summed E-state index contributed by atoms with van der Waals surface area (Å²) in [5, 5.41) is 16.6. The first-order valence-electron chi connectivity index (χ1n) is 16.4. The Bertz CT molecular complexity index is 2820. The van der Waals surface area contributed by atoms with E-state index in [1.807, 2.05) is 42.5 Å². The van der Waals surface area contributed by atoms with Gasteiger partial charge < -0.3 is 9.32 Å². The third-order valence-electron chi connectivity index (χ3n) is 9.43. The van der Waals surface area contributed by atoms with E-state index in [0.29, 0.717) is 0 Å². The lowest BCUT2D eigenvalue weighted by Gasteiger charge is -2.25. The van der Waals surface area contributed by atoms with Gasteiger partial charge in [-0.05, 0) is 100 Å². The molecule has 0 atom stereocenters. The molecule has 5 nitrogen and oxygen atoms in total. The van der Waals surface area contributed by atoms with Gasteiger partial charge in [0.25, 0.3) is 0 Å². The molecule has 0 bridgehead atoms. The van der Waals surface area contributed by atoms with Gasteiger partial charge in [-0.2, -0.15) is 4.80 Å². The number of para-hydroxylation sites is 3. The second-order valence-corrected chi connectivity index (χ2v) is 12.4. The largest absolute Gasteiger partial charge is 0.456 e. The molecule has 0 aliphatic carbocycles. The Morgan fingerprint density at radius 3 is 1.98 bits per heavy atom. The van der Waals surface area contributed by atoms with Crippen LogP contribution in [0.15, 0.2) is 174 Å². The van der Waals surface area contributed by atoms with Crippen molar-refractivity contribution >= 4 is 71.6 Å². The van der Waals surface area contributed by atoms with Crippen LogP contribution in [0.1, 0.15) is 0 Å². The number of rotatable bonds is 5. The van der Waals surface area contributed by atoms with Crippen molar-refractivity contribution in [2.45, 2.75) is 0 Å². The van der Waals surface area contributed by atoms with Gasteiger partial charge in [-0.3, -0.25) is 0 Å². The molecule has 5 heteroatoms. The molecular formula is C44H28N4O. The Hall–Kier alpha value is -6.72. The number of anilines is 3. The molecule has 10 rings (SSSR count). The highest BCUT2D eigenvalue weighted by Gasteiger charge is 2.16. The van der Waals surface area contributed by atoms with Gasteiger partial charge in [0.15, 0.2) is 0 Å². The molecule has 0 N–H and O–H groups in total. The van der Waals surface area contributed by atoms with Crippen LogP contribution in [0.5, 0.6) is 0 Å². The van der Waals surface area contributed by atoms with E-state index in [4.69, 9.17) is 14.6 Å². The van der Waals surface area contributed by atoms with Crippen LogP contribution in [0.2, 0.25) is 0 Å². The lowest BCUT2D eigenvalue weighted by Crippen LogP contribution is -2.09. The van der Waals surface area contributed by atoms with Crippen molar-refractivity contribution in [3.8, 4) is 16.8 Å². The predicted octanol–water partition coefficient (Wildman–Crippen LogP) is 11.8. The monoisotopic (exact) mass is 628 g/mol. The van der Waals surface area contributed by atoms with Crippen LogP contribution >= 0.6 is 0 Å². The predicted molar refractivity (Wildman–Crippen MR) is 201 cm³/mol. The van der Waals surface area contributed by atoms with Gasteiger partial charge in [0, 0.05) is 33.2 Å². The standard InChI is InChI=1S/C44H28N4O/c1-3-9-33(10-4-1)47(36-23-26-42-39(28-36)38-13-7-8-14-41(38)49-42)34-21-17-29(18-22-34)31-19-24-37-32(27-31)16-15-30-20-25-40-44(43(30)37)46-48(45-40)35-11-5-2-6-12-35/h1-28H. The van der Waals surface area contributed by atoms with E-state index in [-0.39, 0.29) is 0 Å². The molecule has 10 aromatic rings. The summed E-state index contributed by atoms with van der Waals surface area (Å²) in [4.78, 5) is 4.03. The Balaban J connectivity index is 1.05. The molecule has 2 heterocycles. The lowest BCUT2D eigenvalue weighted by molar-refractivity contribution is 0.669. The Kier molecular flexibility index (Phi) is 6.11. The highest BCUT2D eigenvalue weighted by molar-refractivity contribution is 6.18. The van der Waals surface area contributed by atoms with E-state index in [1.54, 1.807) is 4.80 Å². The Morgan fingerprint density at radius 1 is 0.449 bits per heavy atom. The first-order chi connectivity index (χ1) is 24.3. The van der Waals surface area contributed by atoms with E-state index in [9.17, 15) is 0 Å². The fourth-order valence-corrected chi connectivity index (χ4v) is 7.06. The molecule has 0 radical (unpaired) electrons. The van der Waals surface area contributed by atoms with Crippen LogP contribution in [0.25, 0.3) is 71.3 Å². The maximum Gasteiger partial charge on any atom is 0.135 e. The van der Waals surface area contributed by atoms with Gasteiger partial charge in [0.1, 0.15) is 22.2 Å². The summed E-state index contributed by atoms with van der Waals surface area (Å²) < 4.78 is 6.13. The molecule has 0 aliphatic rings. The van der Waals surface area contributed by atoms with Crippen LogP contribution in [-0.4, -0.2) is 15.0 Å². The SMILES string of the molecule is c1ccc(N(c2ccc(-c3ccc4c(ccc5ccc6nn(-c7ccccc7)nc6c54)c3)cc2)c2ccc3oc4ccccc4c3c2)cc1. The van der Waals surface area contributed by atoms with Crippen LogP contribution in [0, 0.1) is 0 Å². The summed E-state index contributed by atoms with van der Waals surface area (Å²) >= 11 is 0.